The number of halogens is 1. The molecule has 14 heavy (non-hydrogen) atoms. The van der Waals surface area contributed by atoms with E-state index < -0.39 is 0 Å². The molecule has 72 valence electrons. The van der Waals surface area contributed by atoms with E-state index in [1.165, 1.54) is 5.56 Å². The summed E-state index contributed by atoms with van der Waals surface area (Å²) in [6.45, 7) is 0. The first-order valence-electron chi connectivity index (χ1n) is 4.65. The highest BCUT2D eigenvalue weighted by Gasteiger charge is 2.09. The Morgan fingerprint density at radius 1 is 1.00 bits per heavy atom. The van der Waals surface area contributed by atoms with Crippen molar-refractivity contribution in [1.82, 2.24) is 4.57 Å². The first-order valence-corrected chi connectivity index (χ1v) is 5.18. The highest BCUT2D eigenvalue weighted by atomic mass is 35.5. The van der Waals surface area contributed by atoms with Crippen molar-refractivity contribution < 1.29 is 0 Å². The van der Waals surface area contributed by atoms with Crippen molar-refractivity contribution in [3.05, 3.63) is 60.4 Å². The Hall–Kier alpha value is -1.21. The van der Waals surface area contributed by atoms with E-state index in [0.717, 1.165) is 0 Å². The lowest BCUT2D eigenvalue weighted by atomic mass is 10.1. The maximum absolute atomic E-state index is 5.97. The molecule has 0 aliphatic rings. The van der Waals surface area contributed by atoms with Gasteiger partial charge in [0.05, 0.1) is 6.04 Å². The van der Waals surface area contributed by atoms with Crippen LogP contribution in [-0.4, -0.2) is 10.4 Å². The maximum Gasteiger partial charge on any atom is 0.0715 e. The number of aromatic nitrogens is 1. The molecule has 0 amide bonds. The minimum Gasteiger partial charge on any atom is -0.346 e. The fourth-order valence-corrected chi connectivity index (χ4v) is 1.91. The van der Waals surface area contributed by atoms with Gasteiger partial charge in [-0.05, 0) is 17.7 Å². The van der Waals surface area contributed by atoms with Gasteiger partial charge in [0.15, 0.2) is 0 Å². The molecule has 1 heterocycles. The highest BCUT2D eigenvalue weighted by Crippen LogP contribution is 2.19. The largest absolute Gasteiger partial charge is 0.346 e. The van der Waals surface area contributed by atoms with Gasteiger partial charge in [0.2, 0.25) is 0 Å². The number of alkyl halides is 1. The second-order valence-electron chi connectivity index (χ2n) is 3.21. The molecule has 1 nitrogen and oxygen atoms in total. The second kappa shape index (κ2) is 4.34. The van der Waals surface area contributed by atoms with Crippen LogP contribution < -0.4 is 0 Å². The standard InChI is InChI=1S/C12H12ClN/c13-10-12(14-8-4-5-9-14)11-6-2-1-3-7-11/h1-9,12H,10H2/t12-/m1/s1. The fourth-order valence-electron chi connectivity index (χ4n) is 1.57. The molecule has 2 aromatic rings. The van der Waals surface area contributed by atoms with Crippen LogP contribution in [0.25, 0.3) is 0 Å². The smallest absolute Gasteiger partial charge is 0.0715 e. The molecule has 0 N–H and O–H groups in total. The molecule has 0 saturated carbocycles. The first-order chi connectivity index (χ1) is 6.92. The monoisotopic (exact) mass is 205 g/mol. The Labute approximate surface area is 88.9 Å². The maximum atomic E-state index is 5.97. The predicted octanol–water partition coefficient (Wildman–Crippen LogP) is 3.32. The molecule has 1 atom stereocenters. The topological polar surface area (TPSA) is 4.93 Å². The van der Waals surface area contributed by atoms with Crippen molar-refractivity contribution in [3.63, 3.8) is 0 Å². The summed E-state index contributed by atoms with van der Waals surface area (Å²) in [7, 11) is 0. The van der Waals surface area contributed by atoms with Gasteiger partial charge in [-0.25, -0.2) is 0 Å². The van der Waals surface area contributed by atoms with E-state index in [9.17, 15) is 0 Å². The SMILES string of the molecule is ClC[C@H](c1ccccc1)n1cccc1. The summed E-state index contributed by atoms with van der Waals surface area (Å²) in [6, 6.07) is 14.6. The summed E-state index contributed by atoms with van der Waals surface area (Å²) in [5.41, 5.74) is 1.25. The molecule has 0 bridgehead atoms. The number of nitrogens with zero attached hydrogens (tertiary/aromatic N) is 1. The number of benzene rings is 1. The quantitative estimate of drug-likeness (QED) is 0.678. The van der Waals surface area contributed by atoms with Crippen LogP contribution in [0.3, 0.4) is 0 Å². The van der Waals surface area contributed by atoms with Crippen LogP contribution in [-0.2, 0) is 0 Å². The lowest BCUT2D eigenvalue weighted by molar-refractivity contribution is 0.649. The Balaban J connectivity index is 2.31. The van der Waals surface area contributed by atoms with Crippen molar-refractivity contribution in [2.45, 2.75) is 6.04 Å². The van der Waals surface area contributed by atoms with E-state index >= 15 is 0 Å². The molecule has 0 aliphatic heterocycles. The van der Waals surface area contributed by atoms with E-state index in [2.05, 4.69) is 16.7 Å². The Kier molecular flexibility index (Phi) is 2.90. The average Bonchev–Trinajstić information content (AvgIpc) is 2.74. The first kappa shape index (κ1) is 9.35. The van der Waals surface area contributed by atoms with Crippen molar-refractivity contribution in [3.8, 4) is 0 Å². The number of rotatable bonds is 3. The van der Waals surface area contributed by atoms with Gasteiger partial charge in [0, 0.05) is 18.3 Å². The zero-order chi connectivity index (χ0) is 9.80. The Bertz CT molecular complexity index is 366. The number of hydrogen-bond acceptors (Lipinski definition) is 0. The molecule has 0 spiro atoms. The van der Waals surface area contributed by atoms with E-state index in [0.29, 0.717) is 5.88 Å². The molecule has 0 saturated heterocycles. The molecule has 1 aromatic carbocycles. The van der Waals surface area contributed by atoms with Gasteiger partial charge in [-0.15, -0.1) is 11.6 Å². The molecule has 2 rings (SSSR count). The van der Waals surface area contributed by atoms with Crippen molar-refractivity contribution in [2.24, 2.45) is 0 Å². The van der Waals surface area contributed by atoms with Gasteiger partial charge in [0.1, 0.15) is 0 Å². The molecule has 0 fully saturated rings. The van der Waals surface area contributed by atoms with Crippen LogP contribution >= 0.6 is 11.6 Å². The van der Waals surface area contributed by atoms with Gasteiger partial charge in [-0.1, -0.05) is 30.3 Å². The van der Waals surface area contributed by atoms with Crippen LogP contribution in [0.4, 0.5) is 0 Å². The molecule has 1 aromatic heterocycles. The van der Waals surface area contributed by atoms with Gasteiger partial charge in [-0.2, -0.15) is 0 Å². The van der Waals surface area contributed by atoms with Crippen molar-refractivity contribution >= 4 is 11.6 Å². The fraction of sp³-hybridized carbons (Fsp3) is 0.167. The predicted molar refractivity (Wildman–Crippen MR) is 59.7 cm³/mol. The zero-order valence-electron chi connectivity index (χ0n) is 7.81. The van der Waals surface area contributed by atoms with Crippen molar-refractivity contribution in [1.29, 1.82) is 0 Å². The van der Waals surface area contributed by atoms with Crippen LogP contribution in [0, 0.1) is 0 Å². The lowest BCUT2D eigenvalue weighted by Crippen LogP contribution is -2.09. The molecule has 0 unspecified atom stereocenters. The summed E-state index contributed by atoms with van der Waals surface area (Å²) < 4.78 is 2.13. The van der Waals surface area contributed by atoms with Gasteiger partial charge in [0.25, 0.3) is 0 Å². The van der Waals surface area contributed by atoms with E-state index in [-0.39, 0.29) is 6.04 Å². The summed E-state index contributed by atoms with van der Waals surface area (Å²) in [5.74, 6) is 0.596. The van der Waals surface area contributed by atoms with Crippen LogP contribution in [0.15, 0.2) is 54.9 Å². The zero-order valence-corrected chi connectivity index (χ0v) is 8.56. The van der Waals surface area contributed by atoms with Crippen molar-refractivity contribution in [2.75, 3.05) is 5.88 Å². The van der Waals surface area contributed by atoms with Gasteiger partial charge in [-0.3, -0.25) is 0 Å². The molecule has 0 aliphatic carbocycles. The summed E-state index contributed by atoms with van der Waals surface area (Å²) >= 11 is 5.97. The summed E-state index contributed by atoms with van der Waals surface area (Å²) in [4.78, 5) is 0. The minimum atomic E-state index is 0.243. The Morgan fingerprint density at radius 3 is 2.21 bits per heavy atom. The van der Waals surface area contributed by atoms with Gasteiger partial charge >= 0.3 is 0 Å². The van der Waals surface area contributed by atoms with E-state index in [1.54, 1.807) is 0 Å². The molecular weight excluding hydrogens is 194 g/mol. The van der Waals surface area contributed by atoms with Crippen LogP contribution in [0.2, 0.25) is 0 Å². The third-order valence-corrected chi connectivity index (χ3v) is 2.61. The van der Waals surface area contributed by atoms with E-state index in [1.807, 2.05) is 42.7 Å². The summed E-state index contributed by atoms with van der Waals surface area (Å²) in [6.07, 6.45) is 4.08. The highest BCUT2D eigenvalue weighted by molar-refractivity contribution is 6.18. The third kappa shape index (κ3) is 1.83. The molecule has 2 heteroatoms. The third-order valence-electron chi connectivity index (χ3n) is 2.32. The Morgan fingerprint density at radius 2 is 1.64 bits per heavy atom. The number of hydrogen-bond donors (Lipinski definition) is 0. The second-order valence-corrected chi connectivity index (χ2v) is 3.52. The normalized spacial score (nSPS) is 12.6. The van der Waals surface area contributed by atoms with E-state index in [4.69, 9.17) is 11.6 Å². The summed E-state index contributed by atoms with van der Waals surface area (Å²) in [5, 5.41) is 0. The molecule has 0 radical (unpaired) electrons. The lowest BCUT2D eigenvalue weighted by Gasteiger charge is -2.16. The van der Waals surface area contributed by atoms with Crippen LogP contribution in [0.1, 0.15) is 11.6 Å². The minimum absolute atomic E-state index is 0.243. The average molecular weight is 206 g/mol. The molecular formula is C12H12ClN. The van der Waals surface area contributed by atoms with Gasteiger partial charge < -0.3 is 4.57 Å². The van der Waals surface area contributed by atoms with Crippen LogP contribution in [0.5, 0.6) is 0 Å².